The van der Waals surface area contributed by atoms with Crippen molar-refractivity contribution < 1.29 is 14.3 Å². The molecule has 0 aliphatic heterocycles. The summed E-state index contributed by atoms with van der Waals surface area (Å²) in [6, 6.07) is 2.85. The molecule has 0 aliphatic carbocycles. The number of carbonyl (C=O) groups is 2. The van der Waals surface area contributed by atoms with Crippen molar-refractivity contribution in [2.24, 2.45) is 0 Å². The second kappa shape index (κ2) is 6.52. The van der Waals surface area contributed by atoms with Crippen LogP contribution in [0.1, 0.15) is 38.8 Å². The summed E-state index contributed by atoms with van der Waals surface area (Å²) < 4.78 is 5.15. The van der Waals surface area contributed by atoms with Crippen LogP contribution in [0.2, 0.25) is 5.15 Å². The van der Waals surface area contributed by atoms with Gasteiger partial charge in [0, 0.05) is 18.2 Å². The molecule has 104 valence electrons. The number of rotatable bonds is 4. The molecule has 1 heterocycles. The molecule has 1 amide bonds. The van der Waals surface area contributed by atoms with Gasteiger partial charge in [-0.1, -0.05) is 17.7 Å². The molecule has 0 aromatic carbocycles. The van der Waals surface area contributed by atoms with Gasteiger partial charge in [0.05, 0.1) is 6.04 Å². The Balaban J connectivity index is 2.82. The van der Waals surface area contributed by atoms with Gasteiger partial charge in [0.2, 0.25) is 0 Å². The average Bonchev–Trinajstić information content (AvgIpc) is 2.26. The van der Waals surface area contributed by atoms with E-state index in [-0.39, 0.29) is 11.6 Å². The second-order valence-corrected chi connectivity index (χ2v) is 5.34. The minimum absolute atomic E-state index is 0.102. The van der Waals surface area contributed by atoms with Crippen molar-refractivity contribution in [3.63, 3.8) is 0 Å². The Morgan fingerprint density at radius 3 is 2.79 bits per heavy atom. The van der Waals surface area contributed by atoms with E-state index in [9.17, 15) is 9.59 Å². The lowest BCUT2D eigenvalue weighted by Crippen LogP contribution is -2.35. The highest BCUT2D eigenvalue weighted by molar-refractivity contribution is 6.30. The van der Waals surface area contributed by atoms with Crippen molar-refractivity contribution in [3.8, 4) is 0 Å². The molecule has 1 aromatic heterocycles. The summed E-state index contributed by atoms with van der Waals surface area (Å²) in [5.74, 6) is 0. The largest absolute Gasteiger partial charge is 0.444 e. The van der Waals surface area contributed by atoms with Gasteiger partial charge in [-0.15, -0.1) is 0 Å². The first-order chi connectivity index (χ1) is 8.83. The van der Waals surface area contributed by atoms with Crippen molar-refractivity contribution >= 4 is 24.0 Å². The fraction of sp³-hybridized carbons (Fsp3) is 0.462. The van der Waals surface area contributed by atoms with Gasteiger partial charge in [0.1, 0.15) is 17.0 Å². The highest BCUT2D eigenvalue weighted by Gasteiger charge is 2.21. The number of ether oxygens (including phenoxy) is 1. The van der Waals surface area contributed by atoms with Crippen LogP contribution in [0.4, 0.5) is 4.79 Å². The minimum Gasteiger partial charge on any atom is -0.444 e. The van der Waals surface area contributed by atoms with Gasteiger partial charge in [-0.25, -0.2) is 9.78 Å². The van der Waals surface area contributed by atoms with Gasteiger partial charge in [0.15, 0.2) is 0 Å². The standard InChI is InChI=1S/C13H17ClN2O3/c1-13(2,3)19-12(18)16-10(6-8-17)9-5-4-7-15-11(9)14/h4-5,7-8,10H,6H2,1-3H3,(H,16,18)/t10-/m1/s1. The number of aromatic nitrogens is 1. The molecule has 6 heteroatoms. The highest BCUT2D eigenvalue weighted by atomic mass is 35.5. The number of halogens is 1. The van der Waals surface area contributed by atoms with Crippen molar-refractivity contribution in [1.82, 2.24) is 10.3 Å². The van der Waals surface area contributed by atoms with Crippen molar-refractivity contribution in [2.45, 2.75) is 38.8 Å². The summed E-state index contributed by atoms with van der Waals surface area (Å²) in [5, 5.41) is 2.87. The molecular formula is C13H17ClN2O3. The lowest BCUT2D eigenvalue weighted by Gasteiger charge is -2.23. The van der Waals surface area contributed by atoms with E-state index in [1.165, 1.54) is 6.20 Å². The van der Waals surface area contributed by atoms with Gasteiger partial charge < -0.3 is 14.8 Å². The van der Waals surface area contributed by atoms with Crippen LogP contribution in [0.15, 0.2) is 18.3 Å². The van der Waals surface area contributed by atoms with E-state index in [2.05, 4.69) is 10.3 Å². The first kappa shape index (κ1) is 15.4. The fourth-order valence-corrected chi connectivity index (χ4v) is 1.72. The van der Waals surface area contributed by atoms with E-state index in [1.54, 1.807) is 32.9 Å². The van der Waals surface area contributed by atoms with Crippen LogP contribution in [0, 0.1) is 0 Å². The zero-order chi connectivity index (χ0) is 14.5. The topological polar surface area (TPSA) is 68.3 Å². The molecule has 1 rings (SSSR count). The third-order valence-electron chi connectivity index (χ3n) is 2.19. The number of nitrogens with one attached hydrogen (secondary N) is 1. The van der Waals surface area contributed by atoms with Crippen LogP contribution >= 0.6 is 11.6 Å². The lowest BCUT2D eigenvalue weighted by molar-refractivity contribution is -0.108. The van der Waals surface area contributed by atoms with Crippen LogP contribution < -0.4 is 5.32 Å². The molecule has 0 saturated heterocycles. The van der Waals surface area contributed by atoms with E-state index in [0.29, 0.717) is 11.8 Å². The van der Waals surface area contributed by atoms with Crippen LogP contribution in [0.5, 0.6) is 0 Å². The maximum absolute atomic E-state index is 11.7. The summed E-state index contributed by atoms with van der Waals surface area (Å²) in [4.78, 5) is 26.3. The molecule has 1 aromatic rings. The average molecular weight is 285 g/mol. The molecule has 1 N–H and O–H groups in total. The molecular weight excluding hydrogens is 268 g/mol. The number of hydrogen-bond acceptors (Lipinski definition) is 4. The molecule has 0 radical (unpaired) electrons. The predicted molar refractivity (Wildman–Crippen MR) is 72.0 cm³/mol. The smallest absolute Gasteiger partial charge is 0.408 e. The van der Waals surface area contributed by atoms with Gasteiger partial charge in [-0.05, 0) is 26.8 Å². The summed E-state index contributed by atoms with van der Waals surface area (Å²) in [6.45, 7) is 5.29. The minimum atomic E-state index is -0.603. The fourth-order valence-electron chi connectivity index (χ4n) is 1.47. The molecule has 19 heavy (non-hydrogen) atoms. The van der Waals surface area contributed by atoms with E-state index >= 15 is 0 Å². The maximum Gasteiger partial charge on any atom is 0.408 e. The highest BCUT2D eigenvalue weighted by Crippen LogP contribution is 2.23. The van der Waals surface area contributed by atoms with Crippen LogP contribution in [0.25, 0.3) is 0 Å². The zero-order valence-electron chi connectivity index (χ0n) is 11.1. The summed E-state index contributed by atoms with van der Waals surface area (Å²) in [6.07, 6.45) is 1.76. The quantitative estimate of drug-likeness (QED) is 0.682. The number of nitrogens with zero attached hydrogens (tertiary/aromatic N) is 1. The summed E-state index contributed by atoms with van der Waals surface area (Å²) in [5.41, 5.74) is -0.0173. The zero-order valence-corrected chi connectivity index (χ0v) is 11.9. The Kier molecular flexibility index (Phi) is 5.30. The molecule has 0 unspecified atom stereocenters. The predicted octanol–water partition coefficient (Wildman–Crippen LogP) is 2.89. The molecule has 0 spiro atoms. The van der Waals surface area contributed by atoms with Crippen molar-refractivity contribution in [2.75, 3.05) is 0 Å². The van der Waals surface area contributed by atoms with Gasteiger partial charge in [0.25, 0.3) is 0 Å². The number of carbonyl (C=O) groups excluding carboxylic acids is 2. The maximum atomic E-state index is 11.7. The Morgan fingerprint density at radius 2 is 2.26 bits per heavy atom. The third-order valence-corrected chi connectivity index (χ3v) is 2.50. The SMILES string of the molecule is CC(C)(C)OC(=O)N[C@H](CC=O)c1cccnc1Cl. The number of amides is 1. The van der Waals surface area contributed by atoms with Crippen LogP contribution in [-0.4, -0.2) is 23.0 Å². The number of hydrogen-bond donors (Lipinski definition) is 1. The Labute approximate surface area is 117 Å². The normalized spacial score (nSPS) is 12.6. The van der Waals surface area contributed by atoms with E-state index in [1.807, 2.05) is 0 Å². The Morgan fingerprint density at radius 1 is 1.58 bits per heavy atom. The Bertz CT molecular complexity index is 457. The molecule has 0 bridgehead atoms. The molecule has 1 atom stereocenters. The lowest BCUT2D eigenvalue weighted by atomic mass is 10.1. The molecule has 0 aliphatic rings. The van der Waals surface area contributed by atoms with E-state index in [0.717, 1.165) is 0 Å². The van der Waals surface area contributed by atoms with Crippen LogP contribution in [0.3, 0.4) is 0 Å². The van der Waals surface area contributed by atoms with Gasteiger partial charge in [-0.2, -0.15) is 0 Å². The van der Waals surface area contributed by atoms with E-state index in [4.69, 9.17) is 16.3 Å². The molecule has 0 fully saturated rings. The summed E-state index contributed by atoms with van der Waals surface area (Å²) >= 11 is 5.95. The van der Waals surface area contributed by atoms with Gasteiger partial charge >= 0.3 is 6.09 Å². The third kappa shape index (κ3) is 5.26. The van der Waals surface area contributed by atoms with Crippen LogP contribution in [-0.2, 0) is 9.53 Å². The monoisotopic (exact) mass is 284 g/mol. The molecule has 0 saturated carbocycles. The Hall–Kier alpha value is -1.62. The first-order valence-electron chi connectivity index (χ1n) is 5.87. The van der Waals surface area contributed by atoms with Crippen molar-refractivity contribution in [1.29, 1.82) is 0 Å². The van der Waals surface area contributed by atoms with E-state index < -0.39 is 17.7 Å². The first-order valence-corrected chi connectivity index (χ1v) is 6.25. The number of alkyl carbamates (subject to hydrolysis) is 1. The summed E-state index contributed by atoms with van der Waals surface area (Å²) in [7, 11) is 0. The second-order valence-electron chi connectivity index (χ2n) is 4.98. The van der Waals surface area contributed by atoms with Gasteiger partial charge in [-0.3, -0.25) is 0 Å². The van der Waals surface area contributed by atoms with Crippen molar-refractivity contribution in [3.05, 3.63) is 29.0 Å². The molecule has 5 nitrogen and oxygen atoms in total. The number of aldehydes is 1. The number of pyridine rings is 1.